The van der Waals surface area contributed by atoms with E-state index in [2.05, 4.69) is 25.1 Å². The lowest BCUT2D eigenvalue weighted by Crippen LogP contribution is -1.80. The molecule has 2 rings (SSSR count). The molecule has 0 aliphatic rings. The van der Waals surface area contributed by atoms with Gasteiger partial charge < -0.3 is 0 Å². The maximum absolute atomic E-state index is 5.66. The van der Waals surface area contributed by atoms with Crippen LogP contribution in [0.2, 0.25) is 0 Å². The van der Waals surface area contributed by atoms with E-state index in [0.29, 0.717) is 0 Å². The lowest BCUT2D eigenvalue weighted by atomic mass is 10.0. The van der Waals surface area contributed by atoms with Crippen LogP contribution >= 0.6 is 0 Å². The van der Waals surface area contributed by atoms with Crippen molar-refractivity contribution in [3.05, 3.63) is 78.2 Å². The Morgan fingerprint density at radius 1 is 0.938 bits per heavy atom. The van der Waals surface area contributed by atoms with Crippen LogP contribution in [-0.2, 0) is 0 Å². The molecule has 16 heavy (non-hydrogen) atoms. The van der Waals surface area contributed by atoms with Crippen LogP contribution in [0.5, 0.6) is 0 Å². The third kappa shape index (κ3) is 2.60. The molecule has 78 valence electrons. The molecule has 0 N–H and O–H groups in total. The molecule has 0 unspecified atom stereocenters. The van der Waals surface area contributed by atoms with Crippen molar-refractivity contribution < 1.29 is 0 Å². The van der Waals surface area contributed by atoms with Crippen molar-refractivity contribution in [1.29, 1.82) is 0 Å². The molecule has 0 heterocycles. The summed E-state index contributed by atoms with van der Waals surface area (Å²) < 4.78 is 0. The van der Waals surface area contributed by atoms with Crippen molar-refractivity contribution in [2.45, 2.75) is 6.92 Å². The zero-order valence-electron chi connectivity index (χ0n) is 9.35. The van der Waals surface area contributed by atoms with Gasteiger partial charge in [0, 0.05) is 0 Å². The molecule has 0 fully saturated rings. The monoisotopic (exact) mass is 206 g/mol. The number of hydrogen-bond donors (Lipinski definition) is 0. The zero-order chi connectivity index (χ0) is 11.4. The van der Waals surface area contributed by atoms with Crippen LogP contribution in [0, 0.1) is 6.92 Å². The van der Waals surface area contributed by atoms with Crippen LogP contribution < -0.4 is 0 Å². The average Bonchev–Trinajstić information content (AvgIpc) is 2.31. The molecule has 2 radical (unpaired) electrons. The molecule has 0 amide bonds. The topological polar surface area (TPSA) is 0 Å². The summed E-state index contributed by atoms with van der Waals surface area (Å²) in [6.45, 7) is 7.77. The van der Waals surface area contributed by atoms with Gasteiger partial charge in [-0.15, -0.1) is 0 Å². The molecule has 0 heteroatoms. The highest BCUT2D eigenvalue weighted by Crippen LogP contribution is 2.17. The van der Waals surface area contributed by atoms with Crippen molar-refractivity contribution in [1.82, 2.24) is 0 Å². The minimum absolute atomic E-state index is 0.802. The van der Waals surface area contributed by atoms with Gasteiger partial charge in [0.15, 0.2) is 0 Å². The van der Waals surface area contributed by atoms with Gasteiger partial charge >= 0.3 is 0 Å². The van der Waals surface area contributed by atoms with Crippen molar-refractivity contribution in [3.8, 4) is 0 Å². The van der Waals surface area contributed by atoms with Crippen LogP contribution in [0.4, 0.5) is 0 Å². The van der Waals surface area contributed by atoms with Crippen LogP contribution in [0.1, 0.15) is 23.6 Å². The third-order valence-corrected chi connectivity index (χ3v) is 2.55. The van der Waals surface area contributed by atoms with E-state index in [9.17, 15) is 0 Å². The fourth-order valence-electron chi connectivity index (χ4n) is 1.63. The van der Waals surface area contributed by atoms with Gasteiger partial charge in [-0.05, 0) is 36.1 Å². The summed E-state index contributed by atoms with van der Waals surface area (Å²) >= 11 is 0. The van der Waals surface area contributed by atoms with Gasteiger partial charge in [0.05, 0.1) is 0 Å². The summed E-state index contributed by atoms with van der Waals surface area (Å²) in [5.74, 6) is 0. The molecular weight excluding hydrogens is 192 g/mol. The van der Waals surface area contributed by atoms with Gasteiger partial charge in [-0.3, -0.25) is 0 Å². The summed E-state index contributed by atoms with van der Waals surface area (Å²) in [6, 6.07) is 18.3. The Balaban J connectivity index is 2.28. The molecule has 0 aliphatic heterocycles. The van der Waals surface area contributed by atoms with E-state index in [-0.39, 0.29) is 0 Å². The van der Waals surface area contributed by atoms with Crippen LogP contribution in [0.3, 0.4) is 0 Å². The molecule has 0 bridgehead atoms. The first-order valence-electron chi connectivity index (χ1n) is 5.35. The largest absolute Gasteiger partial charge is 0.0622 e. The SMILES string of the molecule is [CH]c1ccc(C(C)=Cc2ccccc2)cc1. The first-order chi connectivity index (χ1) is 7.75. The summed E-state index contributed by atoms with van der Waals surface area (Å²) in [6.07, 6.45) is 2.17. The van der Waals surface area contributed by atoms with E-state index in [1.807, 2.05) is 42.5 Å². The van der Waals surface area contributed by atoms with Crippen molar-refractivity contribution in [2.75, 3.05) is 0 Å². The van der Waals surface area contributed by atoms with E-state index < -0.39 is 0 Å². The van der Waals surface area contributed by atoms with Gasteiger partial charge in [-0.25, -0.2) is 0 Å². The van der Waals surface area contributed by atoms with Gasteiger partial charge in [-0.1, -0.05) is 60.7 Å². The molecule has 0 saturated heterocycles. The molecule has 0 saturated carbocycles. The van der Waals surface area contributed by atoms with Gasteiger partial charge in [-0.2, -0.15) is 0 Å². The highest BCUT2D eigenvalue weighted by molar-refractivity contribution is 5.80. The van der Waals surface area contributed by atoms with Gasteiger partial charge in [0.2, 0.25) is 0 Å². The lowest BCUT2D eigenvalue weighted by molar-refractivity contribution is 1.53. The first kappa shape index (κ1) is 10.7. The fourth-order valence-corrected chi connectivity index (χ4v) is 1.63. The predicted molar refractivity (Wildman–Crippen MR) is 69.8 cm³/mol. The quantitative estimate of drug-likeness (QED) is 0.642. The van der Waals surface area contributed by atoms with E-state index in [1.165, 1.54) is 16.7 Å². The Hall–Kier alpha value is -1.82. The fraction of sp³-hybridized carbons (Fsp3) is 0.0625. The van der Waals surface area contributed by atoms with Crippen LogP contribution in [0.25, 0.3) is 11.6 Å². The van der Waals surface area contributed by atoms with Crippen molar-refractivity contribution >= 4 is 11.6 Å². The number of rotatable bonds is 2. The average molecular weight is 206 g/mol. The zero-order valence-corrected chi connectivity index (χ0v) is 9.35. The van der Waals surface area contributed by atoms with Crippen LogP contribution in [-0.4, -0.2) is 0 Å². The Bertz CT molecular complexity index is 475. The minimum atomic E-state index is 0.802. The smallest absolute Gasteiger partial charge is 0.00120 e. The molecule has 0 atom stereocenters. The Morgan fingerprint density at radius 2 is 1.56 bits per heavy atom. The second-order valence-corrected chi connectivity index (χ2v) is 3.86. The highest BCUT2D eigenvalue weighted by atomic mass is 14.0. The Labute approximate surface area is 97.3 Å². The summed E-state index contributed by atoms with van der Waals surface area (Å²) in [4.78, 5) is 0. The van der Waals surface area contributed by atoms with E-state index in [4.69, 9.17) is 6.92 Å². The Morgan fingerprint density at radius 3 is 2.19 bits per heavy atom. The number of benzene rings is 2. The molecule has 0 aliphatic carbocycles. The molecule has 0 aromatic heterocycles. The lowest BCUT2D eigenvalue weighted by Gasteiger charge is -2.02. The van der Waals surface area contributed by atoms with Gasteiger partial charge in [0.1, 0.15) is 0 Å². The second-order valence-electron chi connectivity index (χ2n) is 3.86. The summed E-state index contributed by atoms with van der Waals surface area (Å²) in [5.41, 5.74) is 4.47. The highest BCUT2D eigenvalue weighted by Gasteiger charge is 1.95. The molecular formula is C16H14. The number of hydrogen-bond acceptors (Lipinski definition) is 0. The van der Waals surface area contributed by atoms with Crippen molar-refractivity contribution in [3.63, 3.8) is 0 Å². The van der Waals surface area contributed by atoms with E-state index >= 15 is 0 Å². The first-order valence-corrected chi connectivity index (χ1v) is 5.35. The molecule has 2 aromatic carbocycles. The molecule has 0 spiro atoms. The maximum Gasteiger partial charge on any atom is -0.00120 e. The second kappa shape index (κ2) is 4.80. The molecule has 0 nitrogen and oxygen atoms in total. The van der Waals surface area contributed by atoms with Crippen LogP contribution in [0.15, 0.2) is 54.6 Å². The normalized spacial score (nSPS) is 11.5. The third-order valence-electron chi connectivity index (χ3n) is 2.55. The predicted octanol–water partition coefficient (Wildman–Crippen LogP) is 4.31. The molecule has 2 aromatic rings. The Kier molecular flexibility index (Phi) is 3.21. The van der Waals surface area contributed by atoms with Gasteiger partial charge in [0.25, 0.3) is 0 Å². The summed E-state index contributed by atoms with van der Waals surface area (Å²) in [5, 5.41) is 0. The van der Waals surface area contributed by atoms with E-state index in [1.54, 1.807) is 0 Å². The minimum Gasteiger partial charge on any atom is -0.0622 e. The maximum atomic E-state index is 5.66. The van der Waals surface area contributed by atoms with E-state index in [0.717, 1.165) is 5.56 Å². The van der Waals surface area contributed by atoms with Crippen molar-refractivity contribution in [2.24, 2.45) is 0 Å². The summed E-state index contributed by atoms with van der Waals surface area (Å²) in [7, 11) is 0. The number of allylic oxidation sites excluding steroid dienone is 1. The standard InChI is InChI=1S/C16H14/c1-13-8-10-16(11-9-13)14(2)12-15-6-4-3-5-7-15/h1,3-12H,2H3.